The van der Waals surface area contributed by atoms with Gasteiger partial charge in [-0.3, -0.25) is 0 Å². The van der Waals surface area contributed by atoms with Crippen LogP contribution in [0.15, 0.2) is 18.2 Å². The van der Waals surface area contributed by atoms with Crippen LogP contribution in [-0.2, 0) is 6.42 Å². The van der Waals surface area contributed by atoms with Crippen molar-refractivity contribution in [1.82, 2.24) is 0 Å². The summed E-state index contributed by atoms with van der Waals surface area (Å²) in [6.07, 6.45) is 17.4. The molecule has 0 aliphatic carbocycles. The SMILES string of the molecule is CCCCCCCCOc1ccc(CCCN)cc1OCCCCCCCC. The molecular formula is C25H45NO2. The van der Waals surface area contributed by atoms with E-state index in [1.165, 1.54) is 69.8 Å². The summed E-state index contributed by atoms with van der Waals surface area (Å²) in [6, 6.07) is 6.40. The fourth-order valence-corrected chi connectivity index (χ4v) is 3.38. The second kappa shape index (κ2) is 17.8. The van der Waals surface area contributed by atoms with Gasteiger partial charge in [0, 0.05) is 0 Å². The predicted octanol–water partition coefficient (Wildman–Crippen LogP) is 7.06. The van der Waals surface area contributed by atoms with Gasteiger partial charge < -0.3 is 15.2 Å². The van der Waals surface area contributed by atoms with Crippen molar-refractivity contribution >= 4 is 0 Å². The average Bonchev–Trinajstić information content (AvgIpc) is 2.72. The largest absolute Gasteiger partial charge is 0.490 e. The fourth-order valence-electron chi connectivity index (χ4n) is 3.38. The predicted molar refractivity (Wildman–Crippen MR) is 122 cm³/mol. The van der Waals surface area contributed by atoms with Crippen molar-refractivity contribution in [3.05, 3.63) is 23.8 Å². The van der Waals surface area contributed by atoms with E-state index in [2.05, 4.69) is 32.0 Å². The first-order chi connectivity index (χ1) is 13.8. The molecule has 0 saturated heterocycles. The van der Waals surface area contributed by atoms with Crippen LogP contribution in [0.5, 0.6) is 11.5 Å². The minimum atomic E-state index is 0.726. The zero-order chi connectivity index (χ0) is 20.3. The molecule has 0 radical (unpaired) electrons. The van der Waals surface area contributed by atoms with Gasteiger partial charge in [0.2, 0.25) is 0 Å². The van der Waals surface area contributed by atoms with Gasteiger partial charge in [-0.2, -0.15) is 0 Å². The Morgan fingerprint density at radius 2 is 1.18 bits per heavy atom. The average molecular weight is 392 g/mol. The molecule has 0 heterocycles. The number of hydrogen-bond donors (Lipinski definition) is 1. The Balaban J connectivity index is 2.42. The third-order valence-corrected chi connectivity index (χ3v) is 5.19. The lowest BCUT2D eigenvalue weighted by Gasteiger charge is -2.14. The van der Waals surface area contributed by atoms with E-state index in [0.717, 1.165) is 56.9 Å². The molecular weight excluding hydrogens is 346 g/mol. The first-order valence-corrected chi connectivity index (χ1v) is 11.9. The maximum absolute atomic E-state index is 6.12. The van der Waals surface area contributed by atoms with Gasteiger partial charge in [0.05, 0.1) is 13.2 Å². The summed E-state index contributed by atoms with van der Waals surface area (Å²) < 4.78 is 12.2. The zero-order valence-electron chi connectivity index (χ0n) is 18.6. The number of hydrogen-bond acceptors (Lipinski definition) is 3. The Bertz CT molecular complexity index is 476. The van der Waals surface area contributed by atoms with Crippen LogP contribution in [0.4, 0.5) is 0 Å². The van der Waals surface area contributed by atoms with Crippen LogP contribution in [-0.4, -0.2) is 19.8 Å². The number of unbranched alkanes of at least 4 members (excludes halogenated alkanes) is 10. The van der Waals surface area contributed by atoms with Crippen molar-refractivity contribution in [2.24, 2.45) is 5.73 Å². The molecule has 0 saturated carbocycles. The number of ether oxygens (including phenoxy) is 2. The highest BCUT2D eigenvalue weighted by atomic mass is 16.5. The lowest BCUT2D eigenvalue weighted by molar-refractivity contribution is 0.258. The number of rotatable bonds is 19. The summed E-state index contributed by atoms with van der Waals surface area (Å²) in [5, 5.41) is 0. The van der Waals surface area contributed by atoms with E-state index < -0.39 is 0 Å². The zero-order valence-corrected chi connectivity index (χ0v) is 18.6. The monoisotopic (exact) mass is 391 g/mol. The first-order valence-electron chi connectivity index (χ1n) is 11.9. The van der Waals surface area contributed by atoms with Crippen LogP contribution in [0.1, 0.15) is 103 Å². The summed E-state index contributed by atoms with van der Waals surface area (Å²) in [4.78, 5) is 0. The molecule has 1 aromatic rings. The lowest BCUT2D eigenvalue weighted by atomic mass is 10.1. The summed E-state index contributed by atoms with van der Waals surface area (Å²) in [5.74, 6) is 1.81. The van der Waals surface area contributed by atoms with Gasteiger partial charge in [-0.1, -0.05) is 84.1 Å². The van der Waals surface area contributed by atoms with E-state index in [1.54, 1.807) is 0 Å². The Morgan fingerprint density at radius 1 is 0.643 bits per heavy atom. The minimum Gasteiger partial charge on any atom is -0.490 e. The van der Waals surface area contributed by atoms with E-state index >= 15 is 0 Å². The van der Waals surface area contributed by atoms with E-state index in [9.17, 15) is 0 Å². The number of benzene rings is 1. The van der Waals surface area contributed by atoms with Crippen LogP contribution in [0.3, 0.4) is 0 Å². The first kappa shape index (κ1) is 24.8. The second-order valence-corrected chi connectivity index (χ2v) is 7.91. The van der Waals surface area contributed by atoms with Gasteiger partial charge in [0.15, 0.2) is 11.5 Å². The van der Waals surface area contributed by atoms with Crippen LogP contribution in [0.25, 0.3) is 0 Å². The Labute approximate surface area is 174 Å². The third-order valence-electron chi connectivity index (χ3n) is 5.19. The maximum Gasteiger partial charge on any atom is 0.161 e. The molecule has 2 N–H and O–H groups in total. The van der Waals surface area contributed by atoms with Crippen molar-refractivity contribution < 1.29 is 9.47 Å². The smallest absolute Gasteiger partial charge is 0.161 e. The van der Waals surface area contributed by atoms with Gasteiger partial charge in [-0.15, -0.1) is 0 Å². The van der Waals surface area contributed by atoms with Gasteiger partial charge in [0.25, 0.3) is 0 Å². The van der Waals surface area contributed by atoms with Gasteiger partial charge >= 0.3 is 0 Å². The number of aryl methyl sites for hydroxylation is 1. The van der Waals surface area contributed by atoms with Crippen LogP contribution in [0, 0.1) is 0 Å². The van der Waals surface area contributed by atoms with Gasteiger partial charge in [-0.25, -0.2) is 0 Å². The third kappa shape index (κ3) is 12.3. The Hall–Kier alpha value is -1.22. The molecule has 0 atom stereocenters. The van der Waals surface area contributed by atoms with Crippen molar-refractivity contribution in [1.29, 1.82) is 0 Å². The quantitative estimate of drug-likeness (QED) is 0.257. The molecule has 0 aliphatic rings. The molecule has 3 nitrogen and oxygen atoms in total. The standard InChI is InChI=1S/C25H45NO2/c1-3-5-7-9-11-13-20-27-24-18-17-23(16-15-19-26)22-25(24)28-21-14-12-10-8-6-4-2/h17-18,22H,3-16,19-21,26H2,1-2H3. The van der Waals surface area contributed by atoms with Crippen molar-refractivity contribution in [3.63, 3.8) is 0 Å². The van der Waals surface area contributed by atoms with E-state index in [4.69, 9.17) is 15.2 Å². The summed E-state index contributed by atoms with van der Waals surface area (Å²) in [6.45, 7) is 6.80. The van der Waals surface area contributed by atoms with Crippen LogP contribution < -0.4 is 15.2 Å². The molecule has 0 fully saturated rings. The normalized spacial score (nSPS) is 11.0. The van der Waals surface area contributed by atoms with Gasteiger partial charge in [-0.05, 0) is 49.9 Å². The lowest BCUT2D eigenvalue weighted by Crippen LogP contribution is -2.04. The molecule has 0 aliphatic heterocycles. The highest BCUT2D eigenvalue weighted by molar-refractivity contribution is 5.43. The molecule has 0 bridgehead atoms. The molecule has 162 valence electrons. The highest BCUT2D eigenvalue weighted by Gasteiger charge is 2.07. The van der Waals surface area contributed by atoms with E-state index in [1.807, 2.05) is 0 Å². The van der Waals surface area contributed by atoms with Crippen molar-refractivity contribution in [2.75, 3.05) is 19.8 Å². The van der Waals surface area contributed by atoms with Crippen LogP contribution in [0.2, 0.25) is 0 Å². The topological polar surface area (TPSA) is 44.5 Å². The van der Waals surface area contributed by atoms with Crippen LogP contribution >= 0.6 is 0 Å². The molecule has 1 aromatic carbocycles. The molecule has 0 unspecified atom stereocenters. The molecule has 3 heteroatoms. The Morgan fingerprint density at radius 3 is 1.75 bits per heavy atom. The number of nitrogens with two attached hydrogens (primary N) is 1. The van der Waals surface area contributed by atoms with Gasteiger partial charge in [0.1, 0.15) is 0 Å². The molecule has 0 amide bonds. The minimum absolute atomic E-state index is 0.726. The van der Waals surface area contributed by atoms with Crippen molar-refractivity contribution in [2.45, 2.75) is 104 Å². The summed E-state index contributed by atoms with van der Waals surface area (Å²) in [7, 11) is 0. The molecule has 1 rings (SSSR count). The highest BCUT2D eigenvalue weighted by Crippen LogP contribution is 2.29. The molecule has 0 spiro atoms. The van der Waals surface area contributed by atoms with E-state index in [0.29, 0.717) is 0 Å². The van der Waals surface area contributed by atoms with E-state index in [-0.39, 0.29) is 0 Å². The Kier molecular flexibility index (Phi) is 15.8. The maximum atomic E-state index is 6.12. The molecule has 28 heavy (non-hydrogen) atoms. The second-order valence-electron chi connectivity index (χ2n) is 7.91. The molecule has 0 aromatic heterocycles. The fraction of sp³-hybridized carbons (Fsp3) is 0.760. The summed E-state index contributed by atoms with van der Waals surface area (Å²) in [5.41, 5.74) is 6.95. The summed E-state index contributed by atoms with van der Waals surface area (Å²) >= 11 is 0. The van der Waals surface area contributed by atoms with Crippen molar-refractivity contribution in [3.8, 4) is 11.5 Å².